The fourth-order valence-corrected chi connectivity index (χ4v) is 2.51. The van der Waals surface area contributed by atoms with E-state index in [2.05, 4.69) is 27.3 Å². The molecular weight excluding hydrogens is 288 g/mol. The van der Waals surface area contributed by atoms with Crippen LogP contribution in [0.1, 0.15) is 33.6 Å². The molecule has 23 heavy (non-hydrogen) atoms. The number of aromatic nitrogens is 2. The third-order valence-electron chi connectivity index (χ3n) is 3.92. The molecule has 1 heterocycles. The summed E-state index contributed by atoms with van der Waals surface area (Å²) in [5.74, 6) is 1.29. The van der Waals surface area contributed by atoms with E-state index in [-0.39, 0.29) is 11.8 Å². The van der Waals surface area contributed by atoms with Crippen molar-refractivity contribution < 1.29 is 4.79 Å². The smallest absolute Gasteiger partial charge is 0.228 e. The highest BCUT2D eigenvalue weighted by molar-refractivity contribution is 5.91. The van der Waals surface area contributed by atoms with Gasteiger partial charge in [0.15, 0.2) is 11.6 Å². The molecule has 0 saturated carbocycles. The zero-order valence-corrected chi connectivity index (χ0v) is 14.0. The Morgan fingerprint density at radius 3 is 2.26 bits per heavy atom. The summed E-state index contributed by atoms with van der Waals surface area (Å²) in [5, 5.41) is 11.2. The quantitative estimate of drug-likeness (QED) is 0.839. The van der Waals surface area contributed by atoms with Gasteiger partial charge < -0.3 is 10.2 Å². The standard InChI is InChI=1S/C18H24N4O/c1-4-14(5-2)18(23)19-16-12-13-17(21-20-16)22(6-3)15-10-8-7-9-11-15/h7-14H,4-6H2,1-3H3,(H,19,20,23). The van der Waals surface area contributed by atoms with Crippen LogP contribution in [0.4, 0.5) is 17.3 Å². The number of benzene rings is 1. The molecule has 1 aromatic heterocycles. The van der Waals surface area contributed by atoms with Crippen LogP contribution in [0.3, 0.4) is 0 Å². The third-order valence-corrected chi connectivity index (χ3v) is 3.92. The van der Waals surface area contributed by atoms with Crippen molar-refractivity contribution in [1.82, 2.24) is 10.2 Å². The van der Waals surface area contributed by atoms with Gasteiger partial charge in [-0.05, 0) is 44.0 Å². The second kappa shape index (κ2) is 8.27. The van der Waals surface area contributed by atoms with Crippen molar-refractivity contribution in [2.75, 3.05) is 16.8 Å². The van der Waals surface area contributed by atoms with Crippen LogP contribution in [0.15, 0.2) is 42.5 Å². The molecule has 0 bridgehead atoms. The number of nitrogens with one attached hydrogen (secondary N) is 1. The van der Waals surface area contributed by atoms with Gasteiger partial charge in [0.2, 0.25) is 5.91 Å². The predicted octanol–water partition coefficient (Wildman–Crippen LogP) is 4.01. The molecule has 5 nitrogen and oxygen atoms in total. The van der Waals surface area contributed by atoms with E-state index in [1.54, 1.807) is 6.07 Å². The Hall–Kier alpha value is -2.43. The minimum absolute atomic E-state index is 0.00690. The fourth-order valence-electron chi connectivity index (χ4n) is 2.51. The van der Waals surface area contributed by atoms with Gasteiger partial charge in [0.25, 0.3) is 0 Å². The summed E-state index contributed by atoms with van der Waals surface area (Å²) < 4.78 is 0. The fraction of sp³-hybridized carbons (Fsp3) is 0.389. The number of hydrogen-bond acceptors (Lipinski definition) is 4. The maximum atomic E-state index is 12.1. The first kappa shape index (κ1) is 16.9. The topological polar surface area (TPSA) is 58.1 Å². The van der Waals surface area contributed by atoms with Gasteiger partial charge in [-0.25, -0.2) is 0 Å². The van der Waals surface area contributed by atoms with E-state index in [9.17, 15) is 4.79 Å². The molecule has 0 aliphatic carbocycles. The lowest BCUT2D eigenvalue weighted by Crippen LogP contribution is -2.23. The van der Waals surface area contributed by atoms with Gasteiger partial charge in [-0.15, -0.1) is 10.2 Å². The van der Waals surface area contributed by atoms with E-state index in [1.165, 1.54) is 0 Å². The number of hydrogen-bond donors (Lipinski definition) is 1. The highest BCUT2D eigenvalue weighted by Crippen LogP contribution is 2.23. The lowest BCUT2D eigenvalue weighted by atomic mass is 10.0. The third kappa shape index (κ3) is 4.28. The average molecular weight is 312 g/mol. The molecular formula is C18H24N4O. The van der Waals surface area contributed by atoms with Gasteiger partial charge in [0.05, 0.1) is 0 Å². The lowest BCUT2D eigenvalue weighted by molar-refractivity contribution is -0.120. The van der Waals surface area contributed by atoms with E-state index in [4.69, 9.17) is 0 Å². The molecule has 0 unspecified atom stereocenters. The molecule has 0 aliphatic rings. The average Bonchev–Trinajstić information content (AvgIpc) is 2.59. The maximum absolute atomic E-state index is 12.1. The van der Waals surface area contributed by atoms with Crippen LogP contribution in [0, 0.1) is 5.92 Å². The Morgan fingerprint density at radius 2 is 1.74 bits per heavy atom. The highest BCUT2D eigenvalue weighted by Gasteiger charge is 2.15. The minimum atomic E-state index is 0.00690. The first-order valence-corrected chi connectivity index (χ1v) is 8.16. The molecule has 0 fully saturated rings. The molecule has 1 N–H and O–H groups in total. The van der Waals surface area contributed by atoms with Crippen LogP contribution in [-0.2, 0) is 4.79 Å². The number of nitrogens with zero attached hydrogens (tertiary/aromatic N) is 3. The summed E-state index contributed by atoms with van der Waals surface area (Å²) in [4.78, 5) is 14.2. The van der Waals surface area contributed by atoms with Crippen molar-refractivity contribution in [3.05, 3.63) is 42.5 Å². The summed E-state index contributed by atoms with van der Waals surface area (Å²) in [6, 6.07) is 13.7. The van der Waals surface area contributed by atoms with Crippen molar-refractivity contribution in [3.8, 4) is 0 Å². The van der Waals surface area contributed by atoms with Crippen molar-refractivity contribution in [3.63, 3.8) is 0 Å². The van der Waals surface area contributed by atoms with Gasteiger partial charge >= 0.3 is 0 Å². The number of para-hydroxylation sites is 1. The van der Waals surface area contributed by atoms with Crippen molar-refractivity contribution in [2.45, 2.75) is 33.6 Å². The van der Waals surface area contributed by atoms with Crippen LogP contribution in [0.25, 0.3) is 0 Å². The largest absolute Gasteiger partial charge is 0.325 e. The van der Waals surface area contributed by atoms with Gasteiger partial charge in [0.1, 0.15) is 0 Å². The lowest BCUT2D eigenvalue weighted by Gasteiger charge is -2.21. The summed E-state index contributed by atoms with van der Waals surface area (Å²) in [6.45, 7) is 6.89. The SMILES string of the molecule is CCC(CC)C(=O)Nc1ccc(N(CC)c2ccccc2)nn1. The second-order valence-electron chi connectivity index (χ2n) is 5.36. The van der Waals surface area contributed by atoms with Crippen LogP contribution >= 0.6 is 0 Å². The zero-order chi connectivity index (χ0) is 16.7. The Balaban J connectivity index is 2.11. The van der Waals surface area contributed by atoms with Gasteiger partial charge in [-0.3, -0.25) is 4.79 Å². The Kier molecular flexibility index (Phi) is 6.09. The van der Waals surface area contributed by atoms with E-state index in [0.717, 1.165) is 30.9 Å². The molecule has 0 spiro atoms. The van der Waals surface area contributed by atoms with E-state index in [0.29, 0.717) is 5.82 Å². The molecule has 0 atom stereocenters. The molecule has 2 aromatic rings. The monoisotopic (exact) mass is 312 g/mol. The second-order valence-corrected chi connectivity index (χ2v) is 5.36. The molecule has 1 amide bonds. The Morgan fingerprint density at radius 1 is 1.04 bits per heavy atom. The number of rotatable bonds is 7. The van der Waals surface area contributed by atoms with Gasteiger partial charge in [-0.2, -0.15) is 0 Å². The van der Waals surface area contributed by atoms with Gasteiger partial charge in [-0.1, -0.05) is 32.0 Å². The first-order valence-electron chi connectivity index (χ1n) is 8.16. The number of carbonyl (C=O) groups excluding carboxylic acids is 1. The van der Waals surface area contributed by atoms with E-state index < -0.39 is 0 Å². The molecule has 1 aromatic carbocycles. The number of carbonyl (C=O) groups is 1. The maximum Gasteiger partial charge on any atom is 0.228 e. The summed E-state index contributed by atoms with van der Waals surface area (Å²) >= 11 is 0. The van der Waals surface area contributed by atoms with Crippen LogP contribution in [0.2, 0.25) is 0 Å². The summed E-state index contributed by atoms with van der Waals surface area (Å²) in [5.41, 5.74) is 1.07. The van der Waals surface area contributed by atoms with E-state index in [1.807, 2.05) is 50.2 Å². The molecule has 2 rings (SSSR count). The normalized spacial score (nSPS) is 10.6. The highest BCUT2D eigenvalue weighted by atomic mass is 16.1. The van der Waals surface area contributed by atoms with Crippen molar-refractivity contribution in [2.24, 2.45) is 5.92 Å². The molecule has 0 saturated heterocycles. The molecule has 0 aliphatic heterocycles. The minimum Gasteiger partial charge on any atom is -0.325 e. The van der Waals surface area contributed by atoms with E-state index >= 15 is 0 Å². The molecule has 5 heteroatoms. The molecule has 122 valence electrons. The molecule has 0 radical (unpaired) electrons. The predicted molar refractivity (Wildman–Crippen MR) is 93.9 cm³/mol. The van der Waals surface area contributed by atoms with Crippen LogP contribution < -0.4 is 10.2 Å². The van der Waals surface area contributed by atoms with Crippen molar-refractivity contribution >= 4 is 23.2 Å². The van der Waals surface area contributed by atoms with Crippen molar-refractivity contribution in [1.29, 1.82) is 0 Å². The Labute approximate surface area is 137 Å². The first-order chi connectivity index (χ1) is 11.2. The van der Waals surface area contributed by atoms with Gasteiger partial charge in [0, 0.05) is 18.2 Å². The van der Waals surface area contributed by atoms with Crippen LogP contribution in [-0.4, -0.2) is 22.6 Å². The zero-order valence-electron chi connectivity index (χ0n) is 14.0. The Bertz CT molecular complexity index is 609. The summed E-state index contributed by atoms with van der Waals surface area (Å²) in [7, 11) is 0. The van der Waals surface area contributed by atoms with Crippen LogP contribution in [0.5, 0.6) is 0 Å². The summed E-state index contributed by atoms with van der Waals surface area (Å²) in [6.07, 6.45) is 1.65. The number of anilines is 3. The number of amides is 1.